The predicted octanol–water partition coefficient (Wildman–Crippen LogP) is 3.35. The first kappa shape index (κ1) is 12.8. The molecule has 0 fully saturated rings. The first-order chi connectivity index (χ1) is 8.47. The van der Waals surface area contributed by atoms with E-state index in [0.717, 1.165) is 0 Å². The van der Waals surface area contributed by atoms with Gasteiger partial charge in [0.05, 0.1) is 10.7 Å². The lowest BCUT2D eigenvalue weighted by molar-refractivity contribution is 0.628. The third-order valence-electron chi connectivity index (χ3n) is 2.55. The molecule has 2 aromatic rings. The molecule has 0 aliphatic rings. The lowest BCUT2D eigenvalue weighted by Gasteiger charge is -2.07. The Balaban J connectivity index is 2.56. The average molecular weight is 267 g/mol. The number of hydrogen-bond acceptors (Lipinski definition) is 2. The summed E-state index contributed by atoms with van der Waals surface area (Å²) in [6.07, 6.45) is 0. The van der Waals surface area contributed by atoms with Crippen LogP contribution in [0.25, 0.3) is 11.4 Å². The third kappa shape index (κ3) is 2.59. The molecule has 0 atom stereocenters. The van der Waals surface area contributed by atoms with E-state index in [1.165, 1.54) is 24.3 Å². The zero-order chi connectivity index (χ0) is 13.3. The molecule has 0 saturated carbocycles. The quantitative estimate of drug-likeness (QED) is 0.906. The highest BCUT2D eigenvalue weighted by molar-refractivity contribution is 6.31. The van der Waals surface area contributed by atoms with Crippen molar-refractivity contribution in [3.8, 4) is 11.4 Å². The number of benzene rings is 1. The molecule has 0 amide bonds. The highest BCUT2D eigenvalue weighted by Crippen LogP contribution is 2.22. The second-order valence-electron chi connectivity index (χ2n) is 4.30. The van der Waals surface area contributed by atoms with Crippen LogP contribution in [0.2, 0.25) is 5.02 Å². The molecule has 1 aromatic heterocycles. The summed E-state index contributed by atoms with van der Waals surface area (Å²) >= 11 is 5.71. The zero-order valence-electron chi connectivity index (χ0n) is 10.00. The largest absolute Gasteiger partial charge is 0.307 e. The molecular formula is C13H12ClFN2O. The number of rotatable bonds is 2. The van der Waals surface area contributed by atoms with E-state index in [-0.39, 0.29) is 16.5 Å². The lowest BCUT2D eigenvalue weighted by Crippen LogP contribution is -2.11. The molecule has 0 aliphatic carbocycles. The molecule has 18 heavy (non-hydrogen) atoms. The normalized spacial score (nSPS) is 10.9. The Morgan fingerprint density at radius 1 is 1.33 bits per heavy atom. The molecule has 1 N–H and O–H groups in total. The second-order valence-corrected chi connectivity index (χ2v) is 4.71. The number of H-pyrrole nitrogens is 1. The average Bonchev–Trinajstić information content (AvgIpc) is 2.31. The summed E-state index contributed by atoms with van der Waals surface area (Å²) in [5, 5.41) is 0.00472. The van der Waals surface area contributed by atoms with Gasteiger partial charge in [-0.05, 0) is 24.1 Å². The van der Waals surface area contributed by atoms with Crippen LogP contribution >= 0.6 is 11.6 Å². The molecule has 0 saturated heterocycles. The molecule has 94 valence electrons. The minimum Gasteiger partial charge on any atom is -0.307 e. The van der Waals surface area contributed by atoms with Crippen LogP contribution in [-0.2, 0) is 0 Å². The Bertz CT molecular complexity index is 637. The van der Waals surface area contributed by atoms with E-state index in [9.17, 15) is 9.18 Å². The van der Waals surface area contributed by atoms with Crippen molar-refractivity contribution in [3.63, 3.8) is 0 Å². The van der Waals surface area contributed by atoms with Gasteiger partial charge in [-0.15, -0.1) is 0 Å². The first-order valence-electron chi connectivity index (χ1n) is 5.54. The van der Waals surface area contributed by atoms with Crippen molar-refractivity contribution in [2.45, 2.75) is 19.8 Å². The molecule has 0 aliphatic heterocycles. The first-order valence-corrected chi connectivity index (χ1v) is 5.92. The monoisotopic (exact) mass is 266 g/mol. The minimum absolute atomic E-state index is 0.00472. The van der Waals surface area contributed by atoms with Crippen LogP contribution in [0.3, 0.4) is 0 Å². The summed E-state index contributed by atoms with van der Waals surface area (Å²) in [5.74, 6) is 0.0397. The standard InChI is InChI=1S/C13H12ClFN2O/c1-7(2)11-6-12(18)17-13(16-11)8-3-4-10(15)9(14)5-8/h3-7H,1-2H3,(H,16,17,18). The van der Waals surface area contributed by atoms with Crippen molar-refractivity contribution in [1.29, 1.82) is 0 Å². The maximum atomic E-state index is 13.1. The van der Waals surface area contributed by atoms with Crippen molar-refractivity contribution in [2.24, 2.45) is 0 Å². The van der Waals surface area contributed by atoms with Crippen LogP contribution in [-0.4, -0.2) is 9.97 Å². The summed E-state index contributed by atoms with van der Waals surface area (Å²) in [4.78, 5) is 18.5. The van der Waals surface area contributed by atoms with Gasteiger partial charge >= 0.3 is 0 Å². The SMILES string of the molecule is CC(C)c1cc(=O)[nH]c(-c2ccc(F)c(Cl)c2)n1. The number of hydrogen-bond donors (Lipinski definition) is 1. The van der Waals surface area contributed by atoms with Gasteiger partial charge < -0.3 is 4.98 Å². The Morgan fingerprint density at radius 2 is 2.06 bits per heavy atom. The van der Waals surface area contributed by atoms with Crippen molar-refractivity contribution in [3.05, 3.63) is 51.2 Å². The number of aromatic amines is 1. The molecule has 0 bridgehead atoms. The molecule has 1 heterocycles. The third-order valence-corrected chi connectivity index (χ3v) is 2.84. The van der Waals surface area contributed by atoms with E-state index in [4.69, 9.17) is 11.6 Å². The fraction of sp³-hybridized carbons (Fsp3) is 0.231. The van der Waals surface area contributed by atoms with Crippen molar-refractivity contribution < 1.29 is 4.39 Å². The van der Waals surface area contributed by atoms with E-state index in [1.807, 2.05) is 13.8 Å². The van der Waals surface area contributed by atoms with Crippen molar-refractivity contribution in [2.75, 3.05) is 0 Å². The van der Waals surface area contributed by atoms with Gasteiger partial charge in [-0.2, -0.15) is 0 Å². The minimum atomic E-state index is -0.497. The molecule has 0 unspecified atom stereocenters. The Kier molecular flexibility index (Phi) is 3.48. The van der Waals surface area contributed by atoms with Crippen LogP contribution in [0, 0.1) is 5.82 Å². The zero-order valence-corrected chi connectivity index (χ0v) is 10.8. The van der Waals surface area contributed by atoms with Gasteiger partial charge in [-0.3, -0.25) is 4.79 Å². The van der Waals surface area contributed by atoms with Gasteiger partial charge in [0.25, 0.3) is 5.56 Å². The van der Waals surface area contributed by atoms with Gasteiger partial charge in [-0.1, -0.05) is 25.4 Å². The highest BCUT2D eigenvalue weighted by atomic mass is 35.5. The molecule has 5 heteroatoms. The molecule has 3 nitrogen and oxygen atoms in total. The van der Waals surface area contributed by atoms with E-state index in [0.29, 0.717) is 17.1 Å². The van der Waals surface area contributed by atoms with E-state index in [1.54, 1.807) is 0 Å². The van der Waals surface area contributed by atoms with Gasteiger partial charge in [0.2, 0.25) is 0 Å². The Hall–Kier alpha value is -1.68. The van der Waals surface area contributed by atoms with E-state index < -0.39 is 5.82 Å². The predicted molar refractivity (Wildman–Crippen MR) is 69.4 cm³/mol. The van der Waals surface area contributed by atoms with Gasteiger partial charge in [-0.25, -0.2) is 9.37 Å². The van der Waals surface area contributed by atoms with E-state index >= 15 is 0 Å². The number of halogens is 2. The van der Waals surface area contributed by atoms with Gasteiger partial charge in [0.1, 0.15) is 11.6 Å². The molecule has 1 aromatic carbocycles. The topological polar surface area (TPSA) is 45.8 Å². The second kappa shape index (κ2) is 4.90. The molecule has 0 radical (unpaired) electrons. The number of nitrogens with zero attached hydrogens (tertiary/aromatic N) is 1. The summed E-state index contributed by atoms with van der Waals surface area (Å²) in [5.41, 5.74) is 1.04. The van der Waals surface area contributed by atoms with Crippen molar-refractivity contribution >= 4 is 11.6 Å². The van der Waals surface area contributed by atoms with Gasteiger partial charge in [0, 0.05) is 11.6 Å². The van der Waals surface area contributed by atoms with E-state index in [2.05, 4.69) is 9.97 Å². The Morgan fingerprint density at radius 3 is 2.67 bits per heavy atom. The Labute approximate surface area is 109 Å². The van der Waals surface area contributed by atoms with Crippen LogP contribution in [0.5, 0.6) is 0 Å². The highest BCUT2D eigenvalue weighted by Gasteiger charge is 2.08. The number of aromatic nitrogens is 2. The fourth-order valence-electron chi connectivity index (χ4n) is 1.55. The summed E-state index contributed by atoms with van der Waals surface area (Å²) in [6, 6.07) is 5.68. The molecule has 0 spiro atoms. The maximum absolute atomic E-state index is 13.1. The smallest absolute Gasteiger partial charge is 0.251 e. The summed E-state index contributed by atoms with van der Waals surface area (Å²) in [7, 11) is 0. The maximum Gasteiger partial charge on any atom is 0.251 e. The fourth-order valence-corrected chi connectivity index (χ4v) is 1.73. The van der Waals surface area contributed by atoms with Crippen LogP contribution in [0.1, 0.15) is 25.5 Å². The lowest BCUT2D eigenvalue weighted by atomic mass is 10.1. The van der Waals surface area contributed by atoms with Gasteiger partial charge in [0.15, 0.2) is 0 Å². The van der Waals surface area contributed by atoms with Crippen molar-refractivity contribution in [1.82, 2.24) is 9.97 Å². The van der Waals surface area contributed by atoms with Crippen LogP contribution < -0.4 is 5.56 Å². The summed E-state index contributed by atoms with van der Waals surface area (Å²) in [6.45, 7) is 3.90. The van der Waals surface area contributed by atoms with Crippen LogP contribution in [0.15, 0.2) is 29.1 Å². The molecular weight excluding hydrogens is 255 g/mol. The van der Waals surface area contributed by atoms with Crippen LogP contribution in [0.4, 0.5) is 4.39 Å². The summed E-state index contributed by atoms with van der Waals surface area (Å²) < 4.78 is 13.1. The molecule has 2 rings (SSSR count). The number of nitrogens with one attached hydrogen (secondary N) is 1.